The fourth-order valence-corrected chi connectivity index (χ4v) is 1.05. The second-order valence-electron chi connectivity index (χ2n) is 2.44. The van der Waals surface area contributed by atoms with Gasteiger partial charge in [-0.1, -0.05) is 0 Å². The van der Waals surface area contributed by atoms with E-state index in [4.69, 9.17) is 5.11 Å². The molecule has 2 aromatic heterocycles. The van der Waals surface area contributed by atoms with E-state index in [1.165, 1.54) is 6.20 Å². The molecule has 0 aliphatic carbocycles. The van der Waals surface area contributed by atoms with E-state index in [2.05, 4.69) is 9.97 Å². The lowest BCUT2D eigenvalue weighted by atomic mass is 10.2. The Balaban J connectivity index is 2.68. The number of H-pyrrole nitrogens is 1. The summed E-state index contributed by atoms with van der Waals surface area (Å²) in [7, 11) is 0. The lowest BCUT2D eigenvalue weighted by molar-refractivity contribution is 0.0696. The second-order valence-corrected chi connectivity index (χ2v) is 2.44. The van der Waals surface area contributed by atoms with E-state index < -0.39 is 5.97 Å². The van der Waals surface area contributed by atoms with Crippen LogP contribution in [0.4, 0.5) is 0 Å². The molecule has 2 rings (SSSR count). The summed E-state index contributed by atoms with van der Waals surface area (Å²) in [5, 5.41) is 8.63. The number of carboxylic acid groups (broad SMARTS) is 1. The SMILES string of the molecule is O=C(O)c1cnc2cc[nH]c2c1. The van der Waals surface area contributed by atoms with Gasteiger partial charge in [0.15, 0.2) is 0 Å². The topological polar surface area (TPSA) is 66.0 Å². The summed E-state index contributed by atoms with van der Waals surface area (Å²) < 4.78 is 0. The predicted octanol–water partition coefficient (Wildman–Crippen LogP) is 1.26. The first-order valence-corrected chi connectivity index (χ1v) is 3.44. The molecule has 0 fully saturated rings. The zero-order chi connectivity index (χ0) is 8.55. The quantitative estimate of drug-likeness (QED) is 0.663. The number of fused-ring (bicyclic) bond motifs is 1. The smallest absolute Gasteiger partial charge is 0.337 e. The van der Waals surface area contributed by atoms with E-state index in [1.54, 1.807) is 18.3 Å². The Morgan fingerprint density at radius 3 is 3.17 bits per heavy atom. The number of pyridine rings is 1. The van der Waals surface area contributed by atoms with Gasteiger partial charge in [-0.2, -0.15) is 0 Å². The van der Waals surface area contributed by atoms with Gasteiger partial charge in [0.05, 0.1) is 16.6 Å². The first kappa shape index (κ1) is 6.84. The zero-order valence-corrected chi connectivity index (χ0v) is 6.11. The van der Waals surface area contributed by atoms with E-state index in [-0.39, 0.29) is 5.56 Å². The molecule has 2 aromatic rings. The van der Waals surface area contributed by atoms with Crippen molar-refractivity contribution in [3.05, 3.63) is 30.1 Å². The second kappa shape index (κ2) is 2.34. The minimum atomic E-state index is -0.959. The van der Waals surface area contributed by atoms with Crippen LogP contribution in [0.5, 0.6) is 0 Å². The number of carbonyl (C=O) groups is 1. The lowest BCUT2D eigenvalue weighted by Gasteiger charge is -1.92. The Labute approximate surface area is 67.9 Å². The first-order valence-electron chi connectivity index (χ1n) is 3.44. The number of nitrogens with zero attached hydrogens (tertiary/aromatic N) is 1. The summed E-state index contributed by atoms with van der Waals surface area (Å²) >= 11 is 0. The van der Waals surface area contributed by atoms with Gasteiger partial charge in [-0.3, -0.25) is 4.98 Å². The van der Waals surface area contributed by atoms with Crippen molar-refractivity contribution >= 4 is 17.0 Å². The maximum absolute atomic E-state index is 10.5. The molecule has 0 atom stereocenters. The highest BCUT2D eigenvalue weighted by Crippen LogP contribution is 2.10. The van der Waals surface area contributed by atoms with Crippen molar-refractivity contribution in [3.8, 4) is 0 Å². The minimum absolute atomic E-state index is 0.199. The average molecular weight is 162 g/mol. The average Bonchev–Trinajstić information content (AvgIpc) is 2.49. The molecule has 12 heavy (non-hydrogen) atoms. The molecule has 0 aliphatic rings. The van der Waals surface area contributed by atoms with Gasteiger partial charge in [-0.25, -0.2) is 4.79 Å². The normalized spacial score (nSPS) is 10.3. The van der Waals surface area contributed by atoms with Crippen LogP contribution in [0.25, 0.3) is 11.0 Å². The Morgan fingerprint density at radius 2 is 2.42 bits per heavy atom. The summed E-state index contributed by atoms with van der Waals surface area (Å²) in [5.41, 5.74) is 1.72. The first-order chi connectivity index (χ1) is 5.77. The van der Waals surface area contributed by atoms with Crippen LogP contribution in [-0.4, -0.2) is 21.0 Å². The summed E-state index contributed by atoms with van der Waals surface area (Å²) in [6, 6.07) is 3.35. The number of nitrogens with one attached hydrogen (secondary N) is 1. The summed E-state index contributed by atoms with van der Waals surface area (Å²) in [4.78, 5) is 17.4. The maximum atomic E-state index is 10.5. The summed E-state index contributed by atoms with van der Waals surface area (Å²) in [5.74, 6) is -0.959. The number of hydrogen-bond donors (Lipinski definition) is 2. The fourth-order valence-electron chi connectivity index (χ4n) is 1.05. The fraction of sp³-hybridized carbons (Fsp3) is 0. The highest BCUT2D eigenvalue weighted by Gasteiger charge is 2.04. The van der Waals surface area contributed by atoms with E-state index in [0.29, 0.717) is 0 Å². The molecule has 0 saturated heterocycles. The zero-order valence-electron chi connectivity index (χ0n) is 6.11. The van der Waals surface area contributed by atoms with Crippen LogP contribution in [-0.2, 0) is 0 Å². The Hall–Kier alpha value is -1.84. The number of aromatic carboxylic acids is 1. The molecule has 0 spiro atoms. The molecule has 4 heteroatoms. The van der Waals surface area contributed by atoms with Gasteiger partial charge < -0.3 is 10.1 Å². The van der Waals surface area contributed by atoms with Gasteiger partial charge in [-0.05, 0) is 12.1 Å². The van der Waals surface area contributed by atoms with Crippen LogP contribution >= 0.6 is 0 Å². The minimum Gasteiger partial charge on any atom is -0.478 e. The number of aromatic amines is 1. The third-order valence-electron chi connectivity index (χ3n) is 1.65. The molecular formula is C8H6N2O2. The largest absolute Gasteiger partial charge is 0.478 e. The van der Waals surface area contributed by atoms with Crippen molar-refractivity contribution in [2.45, 2.75) is 0 Å². The molecule has 60 valence electrons. The van der Waals surface area contributed by atoms with E-state index in [9.17, 15) is 4.79 Å². The van der Waals surface area contributed by atoms with Crippen molar-refractivity contribution < 1.29 is 9.90 Å². The van der Waals surface area contributed by atoms with Gasteiger partial charge in [0.25, 0.3) is 0 Å². The van der Waals surface area contributed by atoms with Crippen molar-refractivity contribution in [1.29, 1.82) is 0 Å². The van der Waals surface area contributed by atoms with Gasteiger partial charge in [0.2, 0.25) is 0 Å². The molecule has 0 bridgehead atoms. The molecule has 0 unspecified atom stereocenters. The molecular weight excluding hydrogens is 156 g/mol. The maximum Gasteiger partial charge on any atom is 0.337 e. The van der Waals surface area contributed by atoms with Gasteiger partial charge in [0, 0.05) is 12.4 Å². The standard InChI is InChI=1S/C8H6N2O2/c11-8(12)5-3-7-6(10-4-5)1-2-9-7/h1-4,9H,(H,11,12). The van der Waals surface area contributed by atoms with Crippen molar-refractivity contribution in [2.24, 2.45) is 0 Å². The third kappa shape index (κ3) is 0.934. The van der Waals surface area contributed by atoms with E-state index in [1.807, 2.05) is 0 Å². The van der Waals surface area contributed by atoms with Crippen LogP contribution in [0.2, 0.25) is 0 Å². The number of aromatic nitrogens is 2. The van der Waals surface area contributed by atoms with Crippen molar-refractivity contribution in [3.63, 3.8) is 0 Å². The number of hydrogen-bond acceptors (Lipinski definition) is 2. The lowest BCUT2D eigenvalue weighted by Crippen LogP contribution is -1.96. The van der Waals surface area contributed by atoms with Crippen LogP contribution in [0, 0.1) is 0 Å². The molecule has 0 saturated carbocycles. The highest BCUT2D eigenvalue weighted by atomic mass is 16.4. The van der Waals surface area contributed by atoms with Gasteiger partial charge >= 0.3 is 5.97 Å². The molecule has 0 aromatic carbocycles. The van der Waals surface area contributed by atoms with E-state index >= 15 is 0 Å². The summed E-state index contributed by atoms with van der Waals surface area (Å²) in [6.45, 7) is 0. The Morgan fingerprint density at radius 1 is 1.58 bits per heavy atom. The Kier molecular flexibility index (Phi) is 1.33. The molecule has 0 radical (unpaired) electrons. The highest BCUT2D eigenvalue weighted by molar-refractivity contribution is 5.91. The van der Waals surface area contributed by atoms with Crippen LogP contribution in [0.15, 0.2) is 24.5 Å². The predicted molar refractivity (Wildman–Crippen MR) is 43.1 cm³/mol. The van der Waals surface area contributed by atoms with Gasteiger partial charge in [0.1, 0.15) is 0 Å². The van der Waals surface area contributed by atoms with Crippen molar-refractivity contribution in [2.75, 3.05) is 0 Å². The molecule has 2 heterocycles. The Bertz CT molecular complexity index is 433. The monoisotopic (exact) mass is 162 g/mol. The molecule has 0 amide bonds. The number of rotatable bonds is 1. The molecule has 0 aliphatic heterocycles. The van der Waals surface area contributed by atoms with Crippen molar-refractivity contribution in [1.82, 2.24) is 9.97 Å². The van der Waals surface area contributed by atoms with Crippen LogP contribution < -0.4 is 0 Å². The molecule has 4 nitrogen and oxygen atoms in total. The van der Waals surface area contributed by atoms with Gasteiger partial charge in [-0.15, -0.1) is 0 Å². The summed E-state index contributed by atoms with van der Waals surface area (Å²) in [6.07, 6.45) is 3.07. The van der Waals surface area contributed by atoms with Crippen LogP contribution in [0.3, 0.4) is 0 Å². The number of carboxylic acids is 1. The van der Waals surface area contributed by atoms with Crippen LogP contribution in [0.1, 0.15) is 10.4 Å². The third-order valence-corrected chi connectivity index (χ3v) is 1.65. The van der Waals surface area contributed by atoms with E-state index in [0.717, 1.165) is 11.0 Å². The molecule has 2 N–H and O–H groups in total.